The number of hydrogen-bond donors (Lipinski definition) is 4. The van der Waals surface area contributed by atoms with Gasteiger partial charge in [0, 0.05) is 6.04 Å². The average Bonchev–Trinajstić information content (AvgIpc) is 3.05. The van der Waals surface area contributed by atoms with E-state index in [0.29, 0.717) is 11.0 Å². The van der Waals surface area contributed by atoms with Crippen LogP contribution in [0.5, 0.6) is 5.88 Å². The van der Waals surface area contributed by atoms with Crippen LogP contribution in [-0.2, 0) is 10.2 Å². The van der Waals surface area contributed by atoms with Crippen LogP contribution in [0.25, 0.3) is 11.0 Å². The maximum Gasteiger partial charge on any atom is 0.299 e. The number of hydrogen-bond acceptors (Lipinski definition) is 6. The lowest BCUT2D eigenvalue weighted by Gasteiger charge is -2.14. The molecule has 1 aromatic carbocycles. The zero-order valence-electron chi connectivity index (χ0n) is 16.1. The Labute approximate surface area is 170 Å². The Kier molecular flexibility index (Phi) is 5.85. The number of rotatable bonds is 7. The summed E-state index contributed by atoms with van der Waals surface area (Å²) in [6.45, 7) is 3.14. The molecule has 0 saturated heterocycles. The maximum absolute atomic E-state index is 14.8. The van der Waals surface area contributed by atoms with Crippen molar-refractivity contribution in [1.29, 1.82) is 0 Å². The fraction of sp³-hybridized carbons (Fsp3) is 0.235. The van der Waals surface area contributed by atoms with Gasteiger partial charge < -0.3 is 10.1 Å². The summed E-state index contributed by atoms with van der Waals surface area (Å²) in [5, 5.41) is 9.26. The second-order valence-electron chi connectivity index (χ2n) is 6.47. The summed E-state index contributed by atoms with van der Waals surface area (Å²) >= 11 is 0. The van der Waals surface area contributed by atoms with Crippen LogP contribution in [0.3, 0.4) is 0 Å². The summed E-state index contributed by atoms with van der Waals surface area (Å²) in [6, 6.07) is 2.66. The minimum Gasteiger partial charge on any atom is -0.479 e. The first-order valence-corrected chi connectivity index (χ1v) is 10.1. The molecule has 0 bridgehead atoms. The lowest BCUT2D eigenvalue weighted by atomic mass is 10.1. The molecule has 0 atom stereocenters. The fourth-order valence-electron chi connectivity index (χ4n) is 2.62. The number of carbonyl (C=O) groups is 1. The number of H-pyrrole nitrogens is 1. The molecule has 0 aliphatic carbocycles. The molecular formula is C17H18F2N6O4S. The topological polar surface area (TPSA) is 138 Å². The molecule has 13 heteroatoms. The molecule has 0 saturated carbocycles. The number of nitrogens with one attached hydrogen (secondary N) is 4. The van der Waals surface area contributed by atoms with E-state index >= 15 is 0 Å². The van der Waals surface area contributed by atoms with Gasteiger partial charge in [0.1, 0.15) is 11.4 Å². The molecular weight excluding hydrogens is 422 g/mol. The SMILES string of the molecule is COc1n[nH]c2ncc(NC(=O)c3c(F)ccc(NS(=O)(=O)NC(C)C)c3F)cc12. The van der Waals surface area contributed by atoms with Gasteiger partial charge >= 0.3 is 0 Å². The molecule has 2 aromatic heterocycles. The number of methoxy groups -OCH3 is 1. The van der Waals surface area contributed by atoms with Gasteiger partial charge in [-0.3, -0.25) is 14.6 Å². The zero-order chi connectivity index (χ0) is 22.1. The first-order chi connectivity index (χ1) is 14.1. The van der Waals surface area contributed by atoms with Gasteiger partial charge in [-0.2, -0.15) is 13.1 Å². The molecule has 0 fully saturated rings. The summed E-state index contributed by atoms with van der Waals surface area (Å²) in [6.07, 6.45) is 1.26. The Balaban J connectivity index is 1.90. The molecule has 10 nitrogen and oxygen atoms in total. The van der Waals surface area contributed by atoms with E-state index in [9.17, 15) is 22.0 Å². The normalized spacial score (nSPS) is 11.7. The predicted molar refractivity (Wildman–Crippen MR) is 106 cm³/mol. The van der Waals surface area contributed by atoms with Gasteiger partial charge in [-0.15, -0.1) is 5.10 Å². The van der Waals surface area contributed by atoms with Crippen molar-refractivity contribution >= 4 is 38.5 Å². The highest BCUT2D eigenvalue weighted by Gasteiger charge is 2.23. The maximum atomic E-state index is 14.8. The standard InChI is InChI=1S/C17H18F2N6O4S/c1-8(2)24-30(27,28)25-12-5-4-11(18)13(14(12)19)16(26)21-9-6-10-15(20-7-9)22-23-17(10)29-3/h4-8,24-25H,1-3H3,(H,21,26)(H,20,22,23). The fourth-order valence-corrected chi connectivity index (χ4v) is 3.75. The Morgan fingerprint density at radius 1 is 1.27 bits per heavy atom. The predicted octanol–water partition coefficient (Wildman–Crippen LogP) is 2.15. The number of anilines is 2. The van der Waals surface area contributed by atoms with E-state index in [2.05, 4.69) is 25.2 Å². The van der Waals surface area contributed by atoms with E-state index in [1.807, 2.05) is 4.72 Å². The first kappa shape index (κ1) is 21.4. The monoisotopic (exact) mass is 440 g/mol. The second kappa shape index (κ2) is 8.20. The van der Waals surface area contributed by atoms with E-state index < -0.39 is 45.0 Å². The number of fused-ring (bicyclic) bond motifs is 1. The van der Waals surface area contributed by atoms with Crippen molar-refractivity contribution in [3.05, 3.63) is 41.6 Å². The molecule has 0 aliphatic heterocycles. The number of amides is 1. The summed E-state index contributed by atoms with van der Waals surface area (Å²) in [4.78, 5) is 16.5. The van der Waals surface area contributed by atoms with E-state index in [1.165, 1.54) is 19.4 Å². The number of benzene rings is 1. The molecule has 3 aromatic rings. The molecule has 160 valence electrons. The van der Waals surface area contributed by atoms with Gasteiger partial charge in [-0.05, 0) is 32.0 Å². The van der Waals surface area contributed by atoms with E-state index in [0.717, 1.165) is 12.1 Å². The van der Waals surface area contributed by atoms with Crippen LogP contribution in [0.2, 0.25) is 0 Å². The molecule has 0 spiro atoms. The van der Waals surface area contributed by atoms with Gasteiger partial charge in [0.25, 0.3) is 16.1 Å². The van der Waals surface area contributed by atoms with Crippen molar-refractivity contribution < 1.29 is 26.7 Å². The highest BCUT2D eigenvalue weighted by Crippen LogP contribution is 2.26. The van der Waals surface area contributed by atoms with Crippen molar-refractivity contribution in [3.8, 4) is 5.88 Å². The molecule has 0 radical (unpaired) electrons. The number of aromatic nitrogens is 3. The highest BCUT2D eigenvalue weighted by atomic mass is 32.2. The number of ether oxygens (including phenoxy) is 1. The summed E-state index contributed by atoms with van der Waals surface area (Å²) in [5.74, 6) is -3.44. The number of aromatic amines is 1. The molecule has 0 unspecified atom stereocenters. The number of pyridine rings is 1. The van der Waals surface area contributed by atoms with Gasteiger partial charge in [-0.1, -0.05) is 0 Å². The lowest BCUT2D eigenvalue weighted by molar-refractivity contribution is 0.101. The number of nitrogens with zero attached hydrogens (tertiary/aromatic N) is 2. The second-order valence-corrected chi connectivity index (χ2v) is 7.92. The van der Waals surface area contributed by atoms with Crippen LogP contribution in [0.4, 0.5) is 20.2 Å². The Morgan fingerprint density at radius 3 is 2.67 bits per heavy atom. The minimum atomic E-state index is -4.12. The summed E-state index contributed by atoms with van der Waals surface area (Å²) < 4.78 is 62.1. The minimum absolute atomic E-state index is 0.124. The third-order valence-electron chi connectivity index (χ3n) is 3.79. The van der Waals surface area contributed by atoms with Crippen molar-refractivity contribution in [2.75, 3.05) is 17.1 Å². The highest BCUT2D eigenvalue weighted by molar-refractivity contribution is 7.90. The van der Waals surface area contributed by atoms with Crippen LogP contribution in [0.15, 0.2) is 24.4 Å². The first-order valence-electron chi connectivity index (χ1n) is 8.59. The van der Waals surface area contributed by atoms with Crippen LogP contribution in [-0.4, -0.2) is 42.7 Å². The molecule has 2 heterocycles. The lowest BCUT2D eigenvalue weighted by Crippen LogP contribution is -2.35. The average molecular weight is 440 g/mol. The van der Waals surface area contributed by atoms with Crippen molar-refractivity contribution in [2.24, 2.45) is 0 Å². The van der Waals surface area contributed by atoms with Gasteiger partial charge in [0.05, 0.1) is 30.1 Å². The van der Waals surface area contributed by atoms with Crippen molar-refractivity contribution in [3.63, 3.8) is 0 Å². The van der Waals surface area contributed by atoms with Crippen LogP contribution in [0.1, 0.15) is 24.2 Å². The zero-order valence-corrected chi connectivity index (χ0v) is 16.9. The Hall–Kier alpha value is -3.32. The molecule has 3 rings (SSSR count). The van der Waals surface area contributed by atoms with Gasteiger partial charge in [0.2, 0.25) is 5.88 Å². The van der Waals surface area contributed by atoms with Crippen LogP contribution in [0, 0.1) is 11.6 Å². The summed E-state index contributed by atoms with van der Waals surface area (Å²) in [5.41, 5.74) is -1.03. The smallest absolute Gasteiger partial charge is 0.299 e. The van der Waals surface area contributed by atoms with E-state index in [-0.39, 0.29) is 11.6 Å². The Morgan fingerprint density at radius 2 is 2.00 bits per heavy atom. The molecule has 0 aliphatic rings. The third kappa shape index (κ3) is 4.46. The molecule has 1 amide bonds. The number of halogens is 2. The quantitative estimate of drug-likeness (QED) is 0.444. The van der Waals surface area contributed by atoms with E-state index in [1.54, 1.807) is 13.8 Å². The van der Waals surface area contributed by atoms with Gasteiger partial charge in [-0.25, -0.2) is 13.8 Å². The third-order valence-corrected chi connectivity index (χ3v) is 5.06. The molecule has 30 heavy (non-hydrogen) atoms. The number of carbonyl (C=O) groups excluding carboxylic acids is 1. The van der Waals surface area contributed by atoms with Gasteiger partial charge in [0.15, 0.2) is 11.5 Å². The van der Waals surface area contributed by atoms with E-state index in [4.69, 9.17) is 4.74 Å². The van der Waals surface area contributed by atoms with Crippen molar-refractivity contribution in [1.82, 2.24) is 19.9 Å². The Bertz CT molecular complexity index is 1210. The van der Waals surface area contributed by atoms with Crippen LogP contribution < -0.4 is 19.5 Å². The van der Waals surface area contributed by atoms with Crippen LogP contribution >= 0.6 is 0 Å². The van der Waals surface area contributed by atoms with Crippen molar-refractivity contribution in [2.45, 2.75) is 19.9 Å². The summed E-state index contributed by atoms with van der Waals surface area (Å²) in [7, 11) is -2.73. The largest absolute Gasteiger partial charge is 0.479 e. The molecule has 4 N–H and O–H groups in total.